The lowest BCUT2D eigenvalue weighted by molar-refractivity contribution is -0.289. The second kappa shape index (κ2) is 22.6. The number of fused-ring (bicyclic) bond motifs is 1. The summed E-state index contributed by atoms with van der Waals surface area (Å²) in [5.41, 5.74) is -1.82. The molecule has 5 heterocycles. The molecule has 0 bridgehead atoms. The van der Waals surface area contributed by atoms with E-state index in [0.717, 1.165) is 5.01 Å². The molecule has 0 spiro atoms. The molecule has 3 fully saturated rings. The Kier molecular flexibility index (Phi) is 18.7. The number of esters is 1. The SMILES string of the molecule is CC[C@H]1OC(=O)[C@H](C)C(=O)C[C@@H](O[C@@H]2O[C@H](C)CC(N(C)C)C2O)[C@@](C)(OC)C[C@@H](C)CN(C(C)=O)[C@H](C)[C@H]2N(CCCCn3cc(-c4nccs4)nn3)C(=O)O[C@]12C.CSF. The second-order valence-electron chi connectivity index (χ2n) is 17.4. The fraction of sp³-hybridized carbons (Fsp3) is 0.786. The summed E-state index contributed by atoms with van der Waals surface area (Å²) in [6, 6.07) is -1.56. The van der Waals surface area contributed by atoms with Crippen molar-refractivity contribution in [3.05, 3.63) is 17.8 Å². The Balaban J connectivity index is 0.00000273. The topological polar surface area (TPSA) is 188 Å². The predicted octanol–water partition coefficient (Wildman–Crippen LogP) is 5.41. The van der Waals surface area contributed by atoms with E-state index in [4.69, 9.17) is 23.7 Å². The minimum atomic E-state index is -1.38. The maximum absolute atomic E-state index is 14.1. The van der Waals surface area contributed by atoms with E-state index in [9.17, 15) is 28.2 Å². The third kappa shape index (κ3) is 12.1. The van der Waals surface area contributed by atoms with Crippen LogP contribution in [0.5, 0.6) is 0 Å². The average molecular weight is 914 g/mol. The van der Waals surface area contributed by atoms with Crippen LogP contribution in [0.15, 0.2) is 17.8 Å². The standard InChI is InChI=1S/C41H65N7O10S.CH3FS/c1-12-32-41(8)35(47(39(53)58-41)17-14-13-16-46-23-29(43-44-46)36-42-15-18-59-36)27(5)48(28(6)49)22-24(2)21-40(7,54-11)33(20-31(50)26(4)37(52)56-32)57-38-34(51)30(45(9)10)19-25(3)55-38;1-3-2/h15,18,23-27,30,32-35,38,51H,12-14,16-17,19-22H2,1-11H3;1H3/t24-,25-,26-,27-,30?,32-,33-,34?,35-,38+,40+,41-;/m1./s1. The molecule has 62 heavy (non-hydrogen) atoms. The number of methoxy groups -OCH3 is 1. The number of cyclic esters (lactones) is 1. The van der Waals surface area contributed by atoms with Gasteiger partial charge in [-0.05, 0) is 86.7 Å². The van der Waals surface area contributed by atoms with E-state index in [0.29, 0.717) is 44.5 Å². The molecule has 0 radical (unpaired) electrons. The van der Waals surface area contributed by atoms with Crippen LogP contribution >= 0.6 is 23.5 Å². The molecule has 2 unspecified atom stereocenters. The largest absolute Gasteiger partial charge is 0.458 e. The molecule has 0 aromatic carbocycles. The zero-order chi connectivity index (χ0) is 46.1. The number of aromatic nitrogens is 4. The normalized spacial score (nSPS) is 33.8. The first kappa shape index (κ1) is 51.4. The van der Waals surface area contributed by atoms with Crippen LogP contribution in [0.1, 0.15) is 93.9 Å². The van der Waals surface area contributed by atoms with Gasteiger partial charge in [-0.15, -0.1) is 16.4 Å². The molecule has 0 aliphatic carbocycles. The first-order chi connectivity index (χ1) is 29.2. The number of Topliss-reactive ketones (excluding diaryl/α,β-unsaturated/α-hetero) is 1. The predicted molar refractivity (Wildman–Crippen MR) is 233 cm³/mol. The molecule has 3 saturated heterocycles. The van der Waals surface area contributed by atoms with Crippen LogP contribution in [0, 0.1) is 11.8 Å². The van der Waals surface area contributed by atoms with E-state index < -0.39 is 71.7 Å². The molecule has 3 aliphatic heterocycles. The van der Waals surface area contributed by atoms with Crippen LogP contribution in [-0.2, 0) is 44.6 Å². The summed E-state index contributed by atoms with van der Waals surface area (Å²) in [5.74, 6) is -2.84. The van der Waals surface area contributed by atoms with E-state index in [-0.39, 0.29) is 55.5 Å². The molecule has 20 heteroatoms. The van der Waals surface area contributed by atoms with E-state index >= 15 is 0 Å². The van der Waals surface area contributed by atoms with Crippen molar-refractivity contribution in [1.82, 2.24) is 34.7 Å². The number of aryl methyl sites for hydroxylation is 1. The molecule has 0 saturated carbocycles. The molecule has 3 aliphatic rings. The molecule has 2 aromatic heterocycles. The van der Waals surface area contributed by atoms with Crippen LogP contribution in [0.4, 0.5) is 8.68 Å². The Morgan fingerprint density at radius 1 is 1.15 bits per heavy atom. The van der Waals surface area contributed by atoms with Gasteiger partial charge in [-0.2, -0.15) is 3.89 Å². The van der Waals surface area contributed by atoms with Crippen LogP contribution in [0.2, 0.25) is 0 Å². The number of ketones is 1. The maximum atomic E-state index is 14.1. The monoisotopic (exact) mass is 913 g/mol. The molecule has 17 nitrogen and oxygen atoms in total. The highest BCUT2D eigenvalue weighted by molar-refractivity contribution is 7.93. The average Bonchev–Trinajstić information content (AvgIpc) is 3.98. The maximum Gasteiger partial charge on any atom is 0.410 e. The second-order valence-corrected chi connectivity index (χ2v) is 18.6. The van der Waals surface area contributed by atoms with E-state index in [2.05, 4.69) is 15.3 Å². The van der Waals surface area contributed by atoms with Crippen LogP contribution in [0.3, 0.4) is 0 Å². The molecule has 2 aromatic rings. The number of carbonyl (C=O) groups is 4. The number of carbonyl (C=O) groups excluding carboxylic acids is 4. The van der Waals surface area contributed by atoms with Gasteiger partial charge in [-0.1, -0.05) is 19.1 Å². The van der Waals surface area contributed by atoms with Gasteiger partial charge in [0.15, 0.2) is 11.9 Å². The molecule has 1 N–H and O–H groups in total. The number of aliphatic hydroxyl groups excluding tert-OH is 1. The van der Waals surface area contributed by atoms with Crippen molar-refractivity contribution in [3.63, 3.8) is 0 Å². The number of amides is 2. The first-order valence-corrected chi connectivity index (χ1v) is 23.4. The highest BCUT2D eigenvalue weighted by Gasteiger charge is 2.59. The van der Waals surface area contributed by atoms with E-state index in [1.165, 1.54) is 38.5 Å². The van der Waals surface area contributed by atoms with Crippen LogP contribution in [-0.4, -0.2) is 164 Å². The zero-order valence-electron chi connectivity index (χ0n) is 38.3. The lowest BCUT2D eigenvalue weighted by Gasteiger charge is -2.46. The summed E-state index contributed by atoms with van der Waals surface area (Å²) in [6.45, 7) is 15.3. The van der Waals surface area contributed by atoms with Gasteiger partial charge in [0, 0.05) is 76.1 Å². The van der Waals surface area contributed by atoms with E-state index in [1.807, 2.05) is 65.2 Å². The summed E-state index contributed by atoms with van der Waals surface area (Å²) < 4.78 is 43.2. The number of thiazole rings is 1. The number of aliphatic hydroxyl groups is 1. The molecule has 12 atom stereocenters. The number of unbranched alkanes of at least 4 members (excludes halogenated alkanes) is 1. The Morgan fingerprint density at radius 3 is 2.42 bits per heavy atom. The molecular formula is C42H68FN7O10S2. The van der Waals surface area contributed by atoms with Crippen molar-refractivity contribution >= 4 is 47.2 Å². The van der Waals surface area contributed by atoms with Crippen molar-refractivity contribution < 1.29 is 51.9 Å². The number of ether oxygens (including phenoxy) is 5. The third-order valence-corrected chi connectivity index (χ3v) is 13.3. The van der Waals surface area contributed by atoms with Gasteiger partial charge in [0.05, 0.1) is 36.1 Å². The van der Waals surface area contributed by atoms with Gasteiger partial charge < -0.3 is 38.6 Å². The minimum Gasteiger partial charge on any atom is -0.458 e. The molecule has 350 valence electrons. The van der Waals surface area contributed by atoms with Gasteiger partial charge in [-0.25, -0.2) is 9.78 Å². The van der Waals surface area contributed by atoms with Crippen LogP contribution < -0.4 is 0 Å². The number of likely N-dealkylation sites (N-methyl/N-ethyl adjacent to an activating group) is 1. The highest BCUT2D eigenvalue weighted by atomic mass is 32.2. The van der Waals surface area contributed by atoms with Crippen LogP contribution in [0.25, 0.3) is 10.7 Å². The van der Waals surface area contributed by atoms with Crippen molar-refractivity contribution in [2.24, 2.45) is 11.8 Å². The quantitative estimate of drug-likeness (QED) is 0.171. The Bertz CT molecular complexity index is 1780. The Labute approximate surface area is 374 Å². The van der Waals surface area contributed by atoms with Gasteiger partial charge in [-0.3, -0.25) is 24.0 Å². The van der Waals surface area contributed by atoms with Crippen molar-refractivity contribution in [3.8, 4) is 10.7 Å². The fourth-order valence-electron chi connectivity index (χ4n) is 9.12. The molecular weight excluding hydrogens is 846 g/mol. The number of rotatable bonds is 11. The summed E-state index contributed by atoms with van der Waals surface area (Å²) in [6.07, 6.45) is 2.32. The van der Waals surface area contributed by atoms with Crippen molar-refractivity contribution in [2.75, 3.05) is 40.6 Å². The Morgan fingerprint density at radius 2 is 1.82 bits per heavy atom. The first-order valence-electron chi connectivity index (χ1n) is 21.4. The summed E-state index contributed by atoms with van der Waals surface area (Å²) in [7, 11) is 5.30. The van der Waals surface area contributed by atoms with E-state index in [1.54, 1.807) is 27.6 Å². The van der Waals surface area contributed by atoms with Gasteiger partial charge in [0.2, 0.25) is 5.91 Å². The number of hydrogen-bond acceptors (Lipinski definition) is 16. The minimum absolute atomic E-state index is 0.208. The summed E-state index contributed by atoms with van der Waals surface area (Å²) >= 11 is 1.73. The van der Waals surface area contributed by atoms with Crippen molar-refractivity contribution in [1.29, 1.82) is 0 Å². The summed E-state index contributed by atoms with van der Waals surface area (Å²) in [4.78, 5) is 65.3. The fourth-order valence-corrected chi connectivity index (χ4v) is 9.71. The molecule has 2 amide bonds. The zero-order valence-corrected chi connectivity index (χ0v) is 39.9. The van der Waals surface area contributed by atoms with Gasteiger partial charge in [0.25, 0.3) is 0 Å². The Hall–Kier alpha value is -3.27. The molecule has 5 rings (SSSR count). The van der Waals surface area contributed by atoms with Gasteiger partial charge >= 0.3 is 12.1 Å². The lowest BCUT2D eigenvalue weighted by Crippen LogP contribution is -2.62. The summed E-state index contributed by atoms with van der Waals surface area (Å²) in [5, 5.41) is 22.5. The highest BCUT2D eigenvalue weighted by Crippen LogP contribution is 2.41. The van der Waals surface area contributed by atoms with Gasteiger partial charge in [0.1, 0.15) is 34.6 Å². The number of nitrogens with zero attached hydrogens (tertiary/aromatic N) is 7. The lowest BCUT2D eigenvalue weighted by atomic mass is 9.82. The number of halogens is 1. The van der Waals surface area contributed by atoms with Crippen molar-refractivity contribution in [2.45, 2.75) is 160 Å². The smallest absolute Gasteiger partial charge is 0.410 e. The number of hydrogen-bond donors (Lipinski definition) is 1. The third-order valence-electron chi connectivity index (χ3n) is 12.5.